The molecule has 0 radical (unpaired) electrons. The number of aliphatic hydroxyl groups excluding tert-OH is 1. The molecule has 1 amide bonds. The molecule has 39 heavy (non-hydrogen) atoms. The van der Waals surface area contributed by atoms with E-state index in [1.165, 1.54) is 25.9 Å². The van der Waals surface area contributed by atoms with Gasteiger partial charge in [0, 0.05) is 30.7 Å². The number of ether oxygens (including phenoxy) is 2. The number of aliphatic hydroxyl groups is 1. The summed E-state index contributed by atoms with van der Waals surface area (Å²) < 4.78 is 37.3. The van der Waals surface area contributed by atoms with Crippen LogP contribution < -0.4 is 24.8 Å². The van der Waals surface area contributed by atoms with Crippen LogP contribution >= 0.6 is 0 Å². The van der Waals surface area contributed by atoms with Crippen LogP contribution in [0.15, 0.2) is 42.7 Å². The molecule has 0 unspecified atom stereocenters. The molecule has 0 spiro atoms. The summed E-state index contributed by atoms with van der Waals surface area (Å²) >= 11 is 0. The van der Waals surface area contributed by atoms with E-state index in [1.807, 2.05) is 27.7 Å². The summed E-state index contributed by atoms with van der Waals surface area (Å²) in [7, 11) is -2.74. The first-order chi connectivity index (χ1) is 18.1. The number of aryl methyl sites for hydroxylation is 1. The summed E-state index contributed by atoms with van der Waals surface area (Å²) in [4.78, 5) is 21.6. The maximum Gasteiger partial charge on any atom is 0.255 e. The van der Waals surface area contributed by atoms with Gasteiger partial charge in [0.05, 0.1) is 25.1 Å². The average Bonchev–Trinajstić information content (AvgIpc) is 2.82. The Kier molecular flexibility index (Phi) is 8.53. The number of anilines is 3. The second-order valence-corrected chi connectivity index (χ2v) is 14.4. The number of hydrogen-bond donors (Lipinski definition) is 5. The van der Waals surface area contributed by atoms with Gasteiger partial charge in [-0.25, -0.2) is 9.97 Å². The Bertz CT molecular complexity index is 1420. The van der Waals surface area contributed by atoms with Crippen molar-refractivity contribution in [1.29, 1.82) is 0 Å². The molecule has 0 aliphatic rings. The molecule has 212 valence electrons. The molecule has 0 bridgehead atoms. The summed E-state index contributed by atoms with van der Waals surface area (Å²) in [5.41, 5.74) is 2.21. The fourth-order valence-electron chi connectivity index (χ4n) is 3.60. The Hall–Kier alpha value is -3.74. The van der Waals surface area contributed by atoms with E-state index in [0.717, 1.165) is 11.1 Å². The summed E-state index contributed by atoms with van der Waals surface area (Å²) in [5, 5.41) is 14.8. The zero-order chi connectivity index (χ0) is 29.0. The SMILES string of the molecule is COc1c(NC(=O)c2ccc(C)c(Oc3cc(NCCO)ncn3)c2)cc(C(C)(C)C)cc1NS(C)(C)(=O)O. The van der Waals surface area contributed by atoms with Crippen LogP contribution in [0.1, 0.15) is 42.3 Å². The Morgan fingerprint density at radius 1 is 1.08 bits per heavy atom. The zero-order valence-corrected chi connectivity index (χ0v) is 24.1. The number of amides is 1. The maximum atomic E-state index is 13.4. The van der Waals surface area contributed by atoms with Crippen molar-refractivity contribution in [3.63, 3.8) is 0 Å². The average molecular weight is 560 g/mol. The van der Waals surface area contributed by atoms with Crippen LogP contribution in [0.2, 0.25) is 0 Å². The van der Waals surface area contributed by atoms with E-state index in [-0.39, 0.29) is 29.3 Å². The molecule has 11 nitrogen and oxygen atoms in total. The number of nitrogens with one attached hydrogen (secondary N) is 3. The number of methoxy groups -OCH3 is 1. The van der Waals surface area contributed by atoms with E-state index in [0.29, 0.717) is 29.4 Å². The van der Waals surface area contributed by atoms with E-state index >= 15 is 0 Å². The highest BCUT2D eigenvalue weighted by molar-refractivity contribution is 8.15. The predicted octanol–water partition coefficient (Wildman–Crippen LogP) is 4.42. The number of aromatic nitrogens is 2. The lowest BCUT2D eigenvalue weighted by molar-refractivity contribution is 0.102. The van der Waals surface area contributed by atoms with Gasteiger partial charge in [0.25, 0.3) is 5.91 Å². The molecule has 0 saturated carbocycles. The van der Waals surface area contributed by atoms with E-state index < -0.39 is 15.4 Å². The smallest absolute Gasteiger partial charge is 0.255 e. The number of rotatable bonds is 10. The van der Waals surface area contributed by atoms with Gasteiger partial charge in [0.15, 0.2) is 5.75 Å². The molecular weight excluding hydrogens is 522 g/mol. The van der Waals surface area contributed by atoms with Crippen LogP contribution in [-0.2, 0) is 14.9 Å². The Balaban J connectivity index is 1.95. The van der Waals surface area contributed by atoms with Crippen molar-refractivity contribution in [3.8, 4) is 17.4 Å². The standard InChI is InChI=1S/C27H37N5O6S/c1-17-8-9-18(12-22(17)38-24-15-23(28-10-11-33)29-16-30-24)26(34)31-20-13-19(27(2,3)4)14-21(25(20)37-5)32-39(6,7,35)36/h8-9,12-16,33H,10-11H2,1-7H3,(H,31,34)(H,28,29,30)(H2,32,35,36). The van der Waals surface area contributed by atoms with E-state index in [4.69, 9.17) is 14.6 Å². The molecule has 12 heteroatoms. The van der Waals surface area contributed by atoms with Crippen LogP contribution in [-0.4, -0.2) is 62.5 Å². The fourth-order valence-corrected chi connectivity index (χ4v) is 4.38. The van der Waals surface area contributed by atoms with Crippen molar-refractivity contribution in [3.05, 3.63) is 59.4 Å². The van der Waals surface area contributed by atoms with Crippen molar-refractivity contribution in [2.75, 3.05) is 48.1 Å². The van der Waals surface area contributed by atoms with E-state index in [9.17, 15) is 13.6 Å². The monoisotopic (exact) mass is 559 g/mol. The lowest BCUT2D eigenvalue weighted by Crippen LogP contribution is -2.37. The van der Waals surface area contributed by atoms with E-state index in [2.05, 4.69) is 25.3 Å². The largest absolute Gasteiger partial charge is 0.492 e. The normalized spacial score (nSPS) is 12.7. The second kappa shape index (κ2) is 11.2. The third-order valence-electron chi connectivity index (χ3n) is 5.53. The van der Waals surface area contributed by atoms with Crippen molar-refractivity contribution >= 4 is 32.6 Å². The van der Waals surface area contributed by atoms with Gasteiger partial charge in [-0.1, -0.05) is 26.8 Å². The number of nitrogens with zero attached hydrogens (tertiary/aromatic N) is 2. The van der Waals surface area contributed by atoms with Gasteiger partial charge in [-0.15, -0.1) is 9.53 Å². The summed E-state index contributed by atoms with van der Waals surface area (Å²) in [6, 6.07) is 10.1. The molecule has 1 aromatic heterocycles. The Morgan fingerprint density at radius 3 is 2.38 bits per heavy atom. The van der Waals surface area contributed by atoms with Gasteiger partial charge < -0.3 is 25.2 Å². The quantitative estimate of drug-likeness (QED) is 0.243. The fraction of sp³-hybridized carbons (Fsp3) is 0.370. The van der Waals surface area contributed by atoms with Gasteiger partial charge in [0.1, 0.15) is 17.9 Å². The lowest BCUT2D eigenvalue weighted by atomic mass is 9.86. The van der Waals surface area contributed by atoms with Gasteiger partial charge in [-0.3, -0.25) is 14.1 Å². The van der Waals surface area contributed by atoms with Gasteiger partial charge >= 0.3 is 0 Å². The first-order valence-corrected chi connectivity index (χ1v) is 14.9. The van der Waals surface area contributed by atoms with Gasteiger partial charge in [-0.05, 0) is 47.7 Å². The topological polar surface area (TPSA) is 155 Å². The molecule has 0 fully saturated rings. The van der Waals surface area contributed by atoms with Gasteiger partial charge in [-0.2, -0.15) is 4.21 Å². The minimum absolute atomic E-state index is 0.0477. The van der Waals surface area contributed by atoms with Crippen molar-refractivity contribution in [1.82, 2.24) is 9.97 Å². The first kappa shape index (κ1) is 29.8. The molecule has 3 aromatic rings. The highest BCUT2D eigenvalue weighted by Gasteiger charge is 2.24. The molecular formula is C27H37N5O6S. The number of benzene rings is 2. The summed E-state index contributed by atoms with van der Waals surface area (Å²) in [5.74, 6) is 0.970. The second-order valence-electron chi connectivity index (χ2n) is 10.6. The number of carbonyl (C=O) groups excluding carboxylic acids is 1. The molecule has 3 rings (SSSR count). The highest BCUT2D eigenvalue weighted by atomic mass is 32.3. The molecule has 1 heterocycles. The zero-order valence-electron chi connectivity index (χ0n) is 23.3. The van der Waals surface area contributed by atoms with E-state index in [1.54, 1.807) is 36.4 Å². The van der Waals surface area contributed by atoms with Gasteiger partial charge in [0.2, 0.25) is 5.88 Å². The third kappa shape index (κ3) is 8.37. The van der Waals surface area contributed by atoms with Crippen LogP contribution in [0.5, 0.6) is 17.4 Å². The Labute approximate surface area is 228 Å². The third-order valence-corrected chi connectivity index (χ3v) is 6.34. The van der Waals surface area contributed by atoms with Crippen LogP contribution in [0, 0.1) is 6.92 Å². The Morgan fingerprint density at radius 2 is 1.77 bits per heavy atom. The van der Waals surface area contributed by atoms with Crippen molar-refractivity contribution < 1.29 is 28.1 Å². The summed E-state index contributed by atoms with van der Waals surface area (Å²) in [6.07, 6.45) is 3.74. The molecule has 5 N–H and O–H groups in total. The van der Waals surface area contributed by atoms with Crippen molar-refractivity contribution in [2.45, 2.75) is 33.1 Å². The lowest BCUT2D eigenvalue weighted by Gasteiger charge is -2.37. The van der Waals surface area contributed by atoms with Crippen molar-refractivity contribution in [2.24, 2.45) is 0 Å². The molecule has 0 saturated heterocycles. The first-order valence-electron chi connectivity index (χ1n) is 12.2. The minimum Gasteiger partial charge on any atom is -0.492 e. The molecule has 0 atom stereocenters. The number of carbonyl (C=O) groups is 1. The van der Waals surface area contributed by atoms with Crippen LogP contribution in [0.3, 0.4) is 0 Å². The number of hydrogen-bond acceptors (Lipinski definition) is 8. The molecule has 0 aliphatic carbocycles. The highest BCUT2D eigenvalue weighted by Crippen LogP contribution is 2.40. The minimum atomic E-state index is -4.17. The maximum absolute atomic E-state index is 13.4. The predicted molar refractivity (Wildman–Crippen MR) is 155 cm³/mol. The van der Waals surface area contributed by atoms with Crippen LogP contribution in [0.4, 0.5) is 17.2 Å². The molecule has 2 aromatic carbocycles. The molecule has 0 aliphatic heterocycles. The summed E-state index contributed by atoms with van der Waals surface area (Å²) in [6.45, 7) is 8.12. The van der Waals surface area contributed by atoms with Crippen LogP contribution in [0.25, 0.3) is 0 Å².